The normalized spacial score (nSPS) is 20.2. The molecule has 2 aromatic rings. The van der Waals surface area contributed by atoms with Crippen LogP contribution in [0.1, 0.15) is 6.42 Å². The summed E-state index contributed by atoms with van der Waals surface area (Å²) >= 11 is 1.33. The van der Waals surface area contributed by atoms with E-state index in [9.17, 15) is 4.79 Å². The fourth-order valence-corrected chi connectivity index (χ4v) is 2.38. The quantitative estimate of drug-likeness (QED) is 0.708. The van der Waals surface area contributed by atoms with Gasteiger partial charge in [0, 0.05) is 18.8 Å². The van der Waals surface area contributed by atoms with Crippen LogP contribution in [0, 0.1) is 0 Å². The average molecular weight is 236 g/mol. The Hall–Kier alpha value is -1.63. The van der Waals surface area contributed by atoms with Gasteiger partial charge in [0.25, 0.3) is 5.78 Å². The Bertz CT molecular complexity index is 508. The molecule has 0 saturated carbocycles. The second-order valence-electron chi connectivity index (χ2n) is 3.32. The molecular weight excluding hydrogens is 228 g/mol. The number of aromatic nitrogens is 4. The Balaban J connectivity index is 1.86. The summed E-state index contributed by atoms with van der Waals surface area (Å²) in [5.41, 5.74) is 0. The Kier molecular flexibility index (Phi) is 2.24. The first kappa shape index (κ1) is 9.59. The van der Waals surface area contributed by atoms with E-state index >= 15 is 0 Å². The molecule has 3 heterocycles. The number of carbonyl (C=O) groups is 1. The van der Waals surface area contributed by atoms with Crippen LogP contribution in [0.2, 0.25) is 0 Å². The van der Waals surface area contributed by atoms with Gasteiger partial charge < -0.3 is 4.74 Å². The van der Waals surface area contributed by atoms with Crippen molar-refractivity contribution in [3.05, 3.63) is 18.5 Å². The van der Waals surface area contributed by atoms with Crippen molar-refractivity contribution < 1.29 is 9.53 Å². The molecule has 1 saturated heterocycles. The number of nitrogens with zero attached hydrogens (tertiary/aromatic N) is 4. The van der Waals surface area contributed by atoms with Crippen LogP contribution >= 0.6 is 11.8 Å². The maximum absolute atomic E-state index is 11.3. The molecule has 6 nitrogen and oxygen atoms in total. The number of carbonyl (C=O) groups excluding carboxylic acids is 1. The summed E-state index contributed by atoms with van der Waals surface area (Å²) in [4.78, 5) is 19.5. The van der Waals surface area contributed by atoms with Crippen molar-refractivity contribution in [2.45, 2.75) is 16.8 Å². The summed E-state index contributed by atoms with van der Waals surface area (Å²) < 4.78 is 6.46. The standard InChI is InChI=1S/C9H8N4O2S/c14-7-6(2-5-15-7)16-9-11-8-10-3-1-4-13(8)12-9/h1,3-4,6H,2,5H2/t6-/m1/s1. The number of thioether (sulfide) groups is 1. The number of fused-ring (bicyclic) bond motifs is 1. The van der Waals surface area contributed by atoms with Crippen molar-refractivity contribution in [3.63, 3.8) is 0 Å². The van der Waals surface area contributed by atoms with Crippen LogP contribution in [0.4, 0.5) is 0 Å². The van der Waals surface area contributed by atoms with Crippen LogP contribution in [0.3, 0.4) is 0 Å². The minimum Gasteiger partial charge on any atom is -0.465 e. The lowest BCUT2D eigenvalue weighted by Crippen LogP contribution is -2.09. The number of rotatable bonds is 2. The van der Waals surface area contributed by atoms with Crippen molar-refractivity contribution in [1.82, 2.24) is 19.6 Å². The number of hydrogen-bond donors (Lipinski definition) is 0. The molecule has 1 aliphatic rings. The highest BCUT2D eigenvalue weighted by molar-refractivity contribution is 8.00. The van der Waals surface area contributed by atoms with Crippen molar-refractivity contribution in [2.24, 2.45) is 0 Å². The third-order valence-corrected chi connectivity index (χ3v) is 3.33. The fraction of sp³-hybridized carbons (Fsp3) is 0.333. The van der Waals surface area contributed by atoms with E-state index in [0.717, 1.165) is 0 Å². The zero-order valence-electron chi connectivity index (χ0n) is 8.24. The van der Waals surface area contributed by atoms with Gasteiger partial charge in [-0.05, 0) is 6.07 Å². The molecule has 0 aliphatic carbocycles. The lowest BCUT2D eigenvalue weighted by molar-refractivity contribution is -0.137. The number of hydrogen-bond acceptors (Lipinski definition) is 6. The highest BCUT2D eigenvalue weighted by atomic mass is 32.2. The van der Waals surface area contributed by atoms with E-state index in [1.165, 1.54) is 11.8 Å². The van der Waals surface area contributed by atoms with Gasteiger partial charge in [0.15, 0.2) is 0 Å². The summed E-state index contributed by atoms with van der Waals surface area (Å²) in [7, 11) is 0. The molecule has 2 aromatic heterocycles. The lowest BCUT2D eigenvalue weighted by Gasteiger charge is -1.98. The van der Waals surface area contributed by atoms with Crippen molar-refractivity contribution in [3.8, 4) is 0 Å². The van der Waals surface area contributed by atoms with E-state index in [4.69, 9.17) is 4.74 Å². The molecule has 0 amide bonds. The molecule has 7 heteroatoms. The SMILES string of the molecule is O=C1OCC[C@H]1Sc1nc2ncccn2n1. The average Bonchev–Trinajstić information content (AvgIpc) is 2.85. The van der Waals surface area contributed by atoms with Gasteiger partial charge in [0.2, 0.25) is 5.16 Å². The molecule has 0 unspecified atom stereocenters. The van der Waals surface area contributed by atoms with E-state index in [1.807, 2.05) is 0 Å². The zero-order valence-corrected chi connectivity index (χ0v) is 9.05. The van der Waals surface area contributed by atoms with Crippen molar-refractivity contribution in [1.29, 1.82) is 0 Å². The number of ether oxygens (including phenoxy) is 1. The molecule has 0 radical (unpaired) electrons. The van der Waals surface area contributed by atoms with Crippen LogP contribution in [0.15, 0.2) is 23.6 Å². The fourth-order valence-electron chi connectivity index (χ4n) is 1.48. The largest absolute Gasteiger partial charge is 0.465 e. The molecule has 1 fully saturated rings. The summed E-state index contributed by atoms with van der Waals surface area (Å²) in [5, 5.41) is 4.58. The molecule has 0 bridgehead atoms. The Morgan fingerprint density at radius 1 is 1.56 bits per heavy atom. The van der Waals surface area contributed by atoms with E-state index in [-0.39, 0.29) is 11.2 Å². The van der Waals surface area contributed by atoms with E-state index in [0.29, 0.717) is 24.0 Å². The molecule has 0 spiro atoms. The summed E-state index contributed by atoms with van der Waals surface area (Å²) in [6.07, 6.45) is 4.14. The van der Waals surface area contributed by atoms with Crippen LogP contribution in [-0.4, -0.2) is 37.4 Å². The van der Waals surface area contributed by atoms with Gasteiger partial charge in [-0.25, -0.2) is 9.50 Å². The molecule has 1 aliphatic heterocycles. The van der Waals surface area contributed by atoms with Crippen molar-refractivity contribution in [2.75, 3.05) is 6.61 Å². The molecule has 16 heavy (non-hydrogen) atoms. The second kappa shape index (κ2) is 3.75. The van der Waals surface area contributed by atoms with Crippen LogP contribution in [-0.2, 0) is 9.53 Å². The topological polar surface area (TPSA) is 69.4 Å². The first-order chi connectivity index (χ1) is 7.83. The Morgan fingerprint density at radius 3 is 3.25 bits per heavy atom. The van der Waals surface area contributed by atoms with E-state index in [2.05, 4.69) is 15.1 Å². The minimum atomic E-state index is -0.184. The van der Waals surface area contributed by atoms with Gasteiger partial charge in [0.05, 0.1) is 6.61 Å². The summed E-state index contributed by atoms with van der Waals surface area (Å²) in [6, 6.07) is 1.78. The number of cyclic esters (lactones) is 1. The first-order valence-corrected chi connectivity index (χ1v) is 5.71. The van der Waals surface area contributed by atoms with Crippen LogP contribution in [0.5, 0.6) is 0 Å². The summed E-state index contributed by atoms with van der Waals surface area (Å²) in [6.45, 7) is 0.488. The zero-order chi connectivity index (χ0) is 11.0. The van der Waals surface area contributed by atoms with Gasteiger partial charge >= 0.3 is 5.97 Å². The smallest absolute Gasteiger partial charge is 0.319 e. The maximum Gasteiger partial charge on any atom is 0.319 e. The molecular formula is C9H8N4O2S. The molecule has 0 N–H and O–H groups in total. The lowest BCUT2D eigenvalue weighted by atomic mass is 10.4. The van der Waals surface area contributed by atoms with Crippen molar-refractivity contribution >= 4 is 23.5 Å². The minimum absolute atomic E-state index is 0.183. The number of esters is 1. The predicted molar refractivity (Wildman–Crippen MR) is 56.0 cm³/mol. The molecule has 1 atom stereocenters. The second-order valence-corrected chi connectivity index (χ2v) is 4.49. The van der Waals surface area contributed by atoms with E-state index in [1.54, 1.807) is 23.0 Å². The van der Waals surface area contributed by atoms with Crippen LogP contribution in [0.25, 0.3) is 5.78 Å². The van der Waals surface area contributed by atoms with Gasteiger partial charge in [-0.3, -0.25) is 4.79 Å². The van der Waals surface area contributed by atoms with Gasteiger partial charge in [0.1, 0.15) is 5.25 Å². The Labute approximate surface area is 95.0 Å². The predicted octanol–water partition coefficient (Wildman–Crippen LogP) is 0.532. The first-order valence-electron chi connectivity index (χ1n) is 4.83. The van der Waals surface area contributed by atoms with Gasteiger partial charge in [-0.2, -0.15) is 4.98 Å². The molecule has 0 aromatic carbocycles. The Morgan fingerprint density at radius 2 is 2.50 bits per heavy atom. The third kappa shape index (κ3) is 1.63. The monoisotopic (exact) mass is 236 g/mol. The van der Waals surface area contributed by atoms with E-state index < -0.39 is 0 Å². The van der Waals surface area contributed by atoms with Gasteiger partial charge in [-0.15, -0.1) is 5.10 Å². The highest BCUT2D eigenvalue weighted by Crippen LogP contribution is 2.26. The highest BCUT2D eigenvalue weighted by Gasteiger charge is 2.28. The molecule has 3 rings (SSSR count). The van der Waals surface area contributed by atoms with Crippen LogP contribution < -0.4 is 0 Å². The molecule has 82 valence electrons. The van der Waals surface area contributed by atoms with Gasteiger partial charge in [-0.1, -0.05) is 11.8 Å². The maximum atomic E-state index is 11.3. The third-order valence-electron chi connectivity index (χ3n) is 2.23. The summed E-state index contributed by atoms with van der Waals surface area (Å²) in [5.74, 6) is 0.355.